The van der Waals surface area contributed by atoms with E-state index in [4.69, 9.17) is 23.7 Å². The Hall–Kier alpha value is -3.11. The van der Waals surface area contributed by atoms with Gasteiger partial charge in [0.2, 0.25) is 0 Å². The highest BCUT2D eigenvalue weighted by molar-refractivity contribution is 6.14. The summed E-state index contributed by atoms with van der Waals surface area (Å²) in [6, 6.07) is 0. The van der Waals surface area contributed by atoms with Gasteiger partial charge >= 0.3 is 29.8 Å². The monoisotopic (exact) mass is 676 g/mol. The van der Waals surface area contributed by atoms with Crippen LogP contribution in [0, 0.1) is 46.3 Å². The van der Waals surface area contributed by atoms with Gasteiger partial charge in [-0.15, -0.1) is 0 Å². The first-order valence-electron chi connectivity index (χ1n) is 17.9. The molecule has 0 aromatic heterocycles. The molecule has 11 atom stereocenters. The molecule has 0 heterocycles. The van der Waals surface area contributed by atoms with E-state index in [0.29, 0.717) is 25.7 Å². The van der Waals surface area contributed by atoms with E-state index in [1.807, 2.05) is 0 Å². The number of ether oxygens (including phenoxy) is 5. The summed E-state index contributed by atoms with van der Waals surface area (Å²) < 4.78 is 28.1. The lowest BCUT2D eigenvalue weighted by molar-refractivity contribution is -0.224. The lowest BCUT2D eigenvalue weighted by atomic mass is 9.43. The maximum absolute atomic E-state index is 12.7. The Balaban J connectivity index is 1.66. The number of hydrogen-bond donors (Lipinski definition) is 1. The van der Waals surface area contributed by atoms with Crippen LogP contribution in [0.1, 0.15) is 113 Å². The van der Waals surface area contributed by atoms with Gasteiger partial charge in [0.05, 0.1) is 13.2 Å². The number of carbonyl (C=O) groups excluding carboxylic acids is 5. The van der Waals surface area contributed by atoms with Gasteiger partial charge in [-0.25, -0.2) is 9.59 Å². The number of aliphatic hydroxyl groups is 1. The molecular formula is C37H56O11. The highest BCUT2D eigenvalue weighted by Gasteiger charge is 2.67. The number of rotatable bonds is 11. The van der Waals surface area contributed by atoms with E-state index in [9.17, 15) is 29.1 Å². The Morgan fingerprint density at radius 1 is 0.792 bits per heavy atom. The zero-order valence-electron chi connectivity index (χ0n) is 30.0. The van der Waals surface area contributed by atoms with Crippen LogP contribution in [0.2, 0.25) is 0 Å². The zero-order valence-corrected chi connectivity index (χ0v) is 30.0. The summed E-state index contributed by atoms with van der Waals surface area (Å²) in [5, 5.41) is 11.0. The molecule has 11 nitrogen and oxygen atoms in total. The second-order valence-corrected chi connectivity index (χ2v) is 15.0. The van der Waals surface area contributed by atoms with Crippen LogP contribution in [0.25, 0.3) is 0 Å². The quantitative estimate of drug-likeness (QED) is 0.0684. The fourth-order valence-corrected chi connectivity index (χ4v) is 10.5. The Morgan fingerprint density at radius 2 is 1.40 bits per heavy atom. The smallest absolute Gasteiger partial charge is 0.349 e. The number of hydrogen-bond acceptors (Lipinski definition) is 11. The van der Waals surface area contributed by atoms with Crippen molar-refractivity contribution >= 4 is 29.8 Å². The van der Waals surface area contributed by atoms with Crippen LogP contribution in [-0.4, -0.2) is 66.5 Å². The highest BCUT2D eigenvalue weighted by atomic mass is 16.6. The van der Waals surface area contributed by atoms with E-state index in [1.54, 1.807) is 13.8 Å². The Bertz CT molecular complexity index is 1250. The summed E-state index contributed by atoms with van der Waals surface area (Å²) in [5.41, 5.74) is -1.01. The fourth-order valence-electron chi connectivity index (χ4n) is 10.5. The van der Waals surface area contributed by atoms with Crippen molar-refractivity contribution in [1.82, 2.24) is 0 Å². The first kappa shape index (κ1) is 37.7. The van der Waals surface area contributed by atoms with Gasteiger partial charge in [0.1, 0.15) is 24.1 Å². The molecule has 4 fully saturated rings. The molecule has 270 valence electrons. The van der Waals surface area contributed by atoms with Gasteiger partial charge in [-0.2, -0.15) is 0 Å². The predicted octanol–water partition coefficient (Wildman–Crippen LogP) is 6.01. The molecule has 0 unspecified atom stereocenters. The molecule has 0 radical (unpaired) electrons. The first-order valence-corrected chi connectivity index (χ1v) is 17.9. The molecule has 0 saturated heterocycles. The summed E-state index contributed by atoms with van der Waals surface area (Å²) in [4.78, 5) is 62.1. The molecule has 0 bridgehead atoms. The van der Waals surface area contributed by atoms with Gasteiger partial charge in [0.15, 0.2) is 5.57 Å². The van der Waals surface area contributed by atoms with Crippen LogP contribution in [0.4, 0.5) is 0 Å². The molecule has 4 saturated carbocycles. The van der Waals surface area contributed by atoms with Crippen LogP contribution < -0.4 is 0 Å². The number of esters is 5. The molecule has 48 heavy (non-hydrogen) atoms. The van der Waals surface area contributed by atoms with Crippen LogP contribution in [0.15, 0.2) is 11.3 Å². The average Bonchev–Trinajstić information content (AvgIpc) is 3.34. The summed E-state index contributed by atoms with van der Waals surface area (Å²) in [7, 11) is 0. The van der Waals surface area contributed by atoms with E-state index >= 15 is 0 Å². The van der Waals surface area contributed by atoms with Crippen LogP contribution >= 0.6 is 0 Å². The van der Waals surface area contributed by atoms with Gasteiger partial charge in [-0.05, 0) is 100 Å². The highest BCUT2D eigenvalue weighted by Crippen LogP contribution is 2.69. The third kappa shape index (κ3) is 7.39. The van der Waals surface area contributed by atoms with E-state index in [2.05, 4.69) is 20.8 Å². The number of fused-ring (bicyclic) bond motifs is 5. The molecule has 0 amide bonds. The Kier molecular flexibility index (Phi) is 11.9. The molecule has 4 rings (SSSR count). The molecule has 11 heteroatoms. The van der Waals surface area contributed by atoms with Crippen molar-refractivity contribution in [2.75, 3.05) is 13.2 Å². The van der Waals surface area contributed by atoms with E-state index in [-0.39, 0.29) is 103 Å². The van der Waals surface area contributed by atoms with E-state index < -0.39 is 22.9 Å². The van der Waals surface area contributed by atoms with Crippen molar-refractivity contribution in [2.45, 2.75) is 131 Å². The maximum Gasteiger partial charge on any atom is 0.349 e. The van der Waals surface area contributed by atoms with Gasteiger partial charge in [-0.3, -0.25) is 14.4 Å². The van der Waals surface area contributed by atoms with Crippen molar-refractivity contribution in [3.63, 3.8) is 0 Å². The van der Waals surface area contributed by atoms with Crippen molar-refractivity contribution in [1.29, 1.82) is 0 Å². The average molecular weight is 677 g/mol. The maximum atomic E-state index is 12.7. The minimum absolute atomic E-state index is 0.0284. The SMILES string of the molecule is CCOC(=O)C(C(=O)OCC)=C(O)CC[C@@H](C)[C@H]1CC[C@H]2[C@@H]3[C@H](OC(C)=O)C[C@@H]4C[C@H](OC(C)=O)CC[C@]4(C)[C@H]3C[C@H](OC(C)=O)[C@]12C. The summed E-state index contributed by atoms with van der Waals surface area (Å²) in [5.74, 6) is -2.49. The summed E-state index contributed by atoms with van der Waals surface area (Å²) >= 11 is 0. The molecule has 1 N–H and O–H groups in total. The van der Waals surface area contributed by atoms with Gasteiger partial charge in [0, 0.05) is 38.5 Å². The van der Waals surface area contributed by atoms with Crippen LogP contribution in [0.3, 0.4) is 0 Å². The largest absolute Gasteiger partial charge is 0.511 e. The van der Waals surface area contributed by atoms with Gasteiger partial charge in [0.25, 0.3) is 0 Å². The van der Waals surface area contributed by atoms with Gasteiger partial charge in [-0.1, -0.05) is 20.8 Å². The zero-order chi connectivity index (χ0) is 35.6. The molecule has 0 spiro atoms. The normalized spacial score (nSPS) is 35.8. The number of aliphatic hydroxyl groups excluding tert-OH is 1. The van der Waals surface area contributed by atoms with Crippen LogP contribution in [-0.2, 0) is 47.7 Å². The van der Waals surface area contributed by atoms with Gasteiger partial charge < -0.3 is 28.8 Å². The molecule has 0 aliphatic heterocycles. The Labute approximate surface area is 284 Å². The van der Waals surface area contributed by atoms with E-state index in [0.717, 1.165) is 25.7 Å². The summed E-state index contributed by atoms with van der Waals surface area (Å²) in [6.45, 7) is 14.3. The molecule has 0 aromatic rings. The predicted molar refractivity (Wildman–Crippen MR) is 174 cm³/mol. The van der Waals surface area contributed by atoms with Crippen molar-refractivity contribution in [2.24, 2.45) is 46.3 Å². The molecular weight excluding hydrogens is 620 g/mol. The van der Waals surface area contributed by atoms with Crippen molar-refractivity contribution < 1.29 is 52.8 Å². The van der Waals surface area contributed by atoms with E-state index in [1.165, 1.54) is 20.8 Å². The standard InChI is InChI=1S/C37H56O11/c1-9-44-34(42)33(35(43)45-10-2)29(41)14-11-20(3)26-12-13-27-32-28(19-31(37(26,27)8)48-23(6)40)36(7)16-15-25(46-21(4)38)17-24(36)18-30(32)47-22(5)39/h20,24-28,30-32,41H,9-19H2,1-8H3/t20-,24+,25-,26-,27+,28+,30-,31+,32+,36+,37-/m1/s1. The topological polar surface area (TPSA) is 152 Å². The summed E-state index contributed by atoms with van der Waals surface area (Å²) in [6.07, 6.45) is 5.15. The van der Waals surface area contributed by atoms with Crippen molar-refractivity contribution in [3.05, 3.63) is 11.3 Å². The molecule has 4 aliphatic rings. The molecule has 4 aliphatic carbocycles. The number of carbonyl (C=O) groups is 5. The first-order chi connectivity index (χ1) is 22.6. The second kappa shape index (κ2) is 15.2. The fraction of sp³-hybridized carbons (Fsp3) is 0.811. The minimum atomic E-state index is -0.912. The molecule has 0 aromatic carbocycles. The van der Waals surface area contributed by atoms with Crippen molar-refractivity contribution in [3.8, 4) is 0 Å². The number of allylic oxidation sites excluding steroid dienone is 1. The Morgan fingerprint density at radius 3 is 1.96 bits per heavy atom. The minimum Gasteiger partial charge on any atom is -0.511 e. The lowest BCUT2D eigenvalue weighted by Gasteiger charge is -2.64. The second-order valence-electron chi connectivity index (χ2n) is 15.0. The third-order valence-corrected chi connectivity index (χ3v) is 12.5. The van der Waals surface area contributed by atoms with Crippen LogP contribution in [0.5, 0.6) is 0 Å². The lowest BCUT2D eigenvalue weighted by Crippen LogP contribution is -2.63. The third-order valence-electron chi connectivity index (χ3n) is 12.5.